The van der Waals surface area contributed by atoms with Crippen LogP contribution in [-0.2, 0) is 9.47 Å². The van der Waals surface area contributed by atoms with E-state index in [1.807, 2.05) is 75.3 Å². The lowest BCUT2D eigenvalue weighted by Gasteiger charge is -2.14. The van der Waals surface area contributed by atoms with Gasteiger partial charge < -0.3 is 9.47 Å². The van der Waals surface area contributed by atoms with E-state index in [1.54, 1.807) is 14.2 Å². The molecule has 0 bridgehead atoms. The Morgan fingerprint density at radius 2 is 1.28 bits per heavy atom. The maximum atomic E-state index is 8.45. The predicted octanol–water partition coefficient (Wildman–Crippen LogP) is 9.47. The first kappa shape index (κ1) is 46.4. The van der Waals surface area contributed by atoms with Crippen molar-refractivity contribution in [2.75, 3.05) is 20.8 Å². The Morgan fingerprint density at radius 3 is 1.38 bits per heavy atom. The normalized spacial score (nSPS) is 8.90. The average molecular weight is 420 g/mol. The molecule has 0 rings (SSSR count). The maximum absolute atomic E-state index is 8.45. The molecule has 0 N–H and O–H groups in total. The van der Waals surface area contributed by atoms with Crippen LogP contribution in [0.4, 0.5) is 0 Å². The molecule has 0 radical (unpaired) electrons. The molecule has 0 aliphatic heterocycles. The zero-order chi connectivity index (χ0) is 25.1. The zero-order valence-corrected chi connectivity index (χ0v) is 23.4. The van der Waals surface area contributed by atoms with E-state index in [1.165, 1.54) is 12.8 Å². The van der Waals surface area contributed by atoms with Crippen LogP contribution in [0.2, 0.25) is 0 Å². The lowest BCUT2D eigenvalue weighted by molar-refractivity contribution is 0.0397. The summed E-state index contributed by atoms with van der Waals surface area (Å²) < 4.78 is 9.76. The topological polar surface area (TPSA) is 42.2 Å². The molecule has 3 heteroatoms. The second-order valence-electron chi connectivity index (χ2n) is 6.12. The van der Waals surface area contributed by atoms with Gasteiger partial charge in [0.05, 0.1) is 11.7 Å². The standard InChI is InChI=1S/C7H13NO.C5H12O.C5H10.C3H8.3C2H6/c1-3-7(6-8)4-5-9-2;1-5(2,3)6-4;1-3-5-4-2;1-3-2;3*1-2/h7H,3-5H2,1-2H3;1-4H3;3H,1,4-5H2,2H3;3H2,1-2H3;3*1-2H3. The quantitative estimate of drug-likeness (QED) is 0.402. The Hall–Kier alpha value is -0.850. The van der Waals surface area contributed by atoms with Crippen LogP contribution < -0.4 is 0 Å². The molecule has 0 aliphatic rings. The van der Waals surface area contributed by atoms with Crippen molar-refractivity contribution in [3.05, 3.63) is 12.7 Å². The summed E-state index contributed by atoms with van der Waals surface area (Å²) in [4.78, 5) is 0. The number of unbranched alkanes of at least 4 members (excludes halogenated alkanes) is 1. The Kier molecular flexibility index (Phi) is 90.1. The van der Waals surface area contributed by atoms with E-state index in [9.17, 15) is 0 Å². The molecular weight excluding hydrogens is 358 g/mol. The molecule has 3 nitrogen and oxygen atoms in total. The molecule has 0 spiro atoms. The summed E-state index contributed by atoms with van der Waals surface area (Å²) in [5, 5.41) is 8.45. The van der Waals surface area contributed by atoms with Gasteiger partial charge in [-0.1, -0.05) is 88.2 Å². The summed E-state index contributed by atoms with van der Waals surface area (Å²) in [7, 11) is 3.37. The van der Waals surface area contributed by atoms with Crippen molar-refractivity contribution < 1.29 is 9.47 Å². The van der Waals surface area contributed by atoms with Gasteiger partial charge in [0.15, 0.2) is 0 Å². The molecule has 0 aromatic rings. The van der Waals surface area contributed by atoms with Gasteiger partial charge in [-0.2, -0.15) is 5.26 Å². The van der Waals surface area contributed by atoms with Crippen LogP contribution in [0.5, 0.6) is 0 Å². The van der Waals surface area contributed by atoms with Gasteiger partial charge in [0.25, 0.3) is 0 Å². The highest BCUT2D eigenvalue weighted by Crippen LogP contribution is 2.05. The minimum absolute atomic E-state index is 0.0417. The molecule has 1 atom stereocenters. The second kappa shape index (κ2) is 56.4. The van der Waals surface area contributed by atoms with E-state index in [-0.39, 0.29) is 11.5 Å². The molecule has 182 valence electrons. The van der Waals surface area contributed by atoms with Crippen LogP contribution in [0.1, 0.15) is 122 Å². The number of rotatable bonds is 6. The van der Waals surface area contributed by atoms with Crippen LogP contribution in [0, 0.1) is 17.2 Å². The van der Waals surface area contributed by atoms with Gasteiger partial charge in [0.1, 0.15) is 0 Å². The van der Waals surface area contributed by atoms with Crippen molar-refractivity contribution in [1.82, 2.24) is 0 Å². The van der Waals surface area contributed by atoms with Gasteiger partial charge in [-0.3, -0.25) is 0 Å². The molecule has 0 aromatic heterocycles. The Morgan fingerprint density at radius 1 is 0.931 bits per heavy atom. The summed E-state index contributed by atoms with van der Waals surface area (Å²) >= 11 is 0. The van der Waals surface area contributed by atoms with Crippen LogP contribution in [0.25, 0.3) is 0 Å². The smallest absolute Gasteiger partial charge is 0.0656 e. The van der Waals surface area contributed by atoms with Gasteiger partial charge in [-0.05, 0) is 40.0 Å². The zero-order valence-electron chi connectivity index (χ0n) is 23.4. The monoisotopic (exact) mass is 419 g/mol. The van der Waals surface area contributed by atoms with Crippen molar-refractivity contribution in [2.24, 2.45) is 5.92 Å². The lowest BCUT2D eigenvalue weighted by Crippen LogP contribution is -2.15. The molecular formula is C26H61NO2. The van der Waals surface area contributed by atoms with Gasteiger partial charge in [0.2, 0.25) is 0 Å². The molecule has 0 saturated heterocycles. The molecule has 0 saturated carbocycles. The maximum Gasteiger partial charge on any atom is 0.0656 e. The summed E-state index contributed by atoms with van der Waals surface area (Å²) in [5.74, 6) is 0.185. The van der Waals surface area contributed by atoms with Crippen molar-refractivity contribution in [1.29, 1.82) is 5.26 Å². The summed E-state index contributed by atoms with van der Waals surface area (Å²) in [5.41, 5.74) is 0.0417. The largest absolute Gasteiger partial charge is 0.385 e. The fraction of sp³-hybridized carbons (Fsp3) is 0.885. The van der Waals surface area contributed by atoms with E-state index in [0.717, 1.165) is 19.3 Å². The highest BCUT2D eigenvalue weighted by atomic mass is 16.5. The van der Waals surface area contributed by atoms with E-state index >= 15 is 0 Å². The number of nitrogens with zero attached hydrogens (tertiary/aromatic N) is 1. The average Bonchev–Trinajstić information content (AvgIpc) is 2.75. The minimum atomic E-state index is 0.0417. The van der Waals surface area contributed by atoms with Gasteiger partial charge in [-0.25, -0.2) is 0 Å². The van der Waals surface area contributed by atoms with Crippen molar-refractivity contribution >= 4 is 0 Å². The van der Waals surface area contributed by atoms with E-state index in [0.29, 0.717) is 6.61 Å². The van der Waals surface area contributed by atoms with Crippen molar-refractivity contribution in [3.63, 3.8) is 0 Å². The Bertz CT molecular complexity index is 240. The fourth-order valence-corrected chi connectivity index (χ4v) is 0.824. The van der Waals surface area contributed by atoms with Crippen molar-refractivity contribution in [2.45, 2.75) is 128 Å². The fourth-order valence-electron chi connectivity index (χ4n) is 0.824. The highest BCUT2D eigenvalue weighted by Gasteiger charge is 2.04. The number of nitriles is 1. The van der Waals surface area contributed by atoms with E-state index < -0.39 is 0 Å². The first-order valence-electron chi connectivity index (χ1n) is 11.8. The molecule has 29 heavy (non-hydrogen) atoms. The minimum Gasteiger partial charge on any atom is -0.385 e. The van der Waals surface area contributed by atoms with Crippen molar-refractivity contribution in [3.8, 4) is 6.07 Å². The summed E-state index contributed by atoms with van der Waals surface area (Å²) in [6.07, 6.45) is 7.35. The third-order valence-electron chi connectivity index (χ3n) is 2.45. The molecule has 0 aliphatic carbocycles. The van der Waals surface area contributed by atoms with Crippen LogP contribution in [0.15, 0.2) is 12.7 Å². The number of allylic oxidation sites excluding steroid dienone is 1. The van der Waals surface area contributed by atoms with Crippen LogP contribution >= 0.6 is 0 Å². The Balaban J connectivity index is -0.0000000428. The SMILES string of the molecule is C=CCCC.CC.CC.CC.CCC.CCC(C#N)CCOC.COC(C)(C)C. The molecule has 0 fully saturated rings. The summed E-state index contributed by atoms with van der Waals surface area (Å²) in [6, 6.07) is 2.21. The summed E-state index contributed by atoms with van der Waals surface area (Å²) in [6.45, 7) is 30.7. The van der Waals surface area contributed by atoms with Gasteiger partial charge >= 0.3 is 0 Å². The van der Waals surface area contributed by atoms with Crippen LogP contribution in [-0.4, -0.2) is 26.4 Å². The molecule has 0 heterocycles. The first-order valence-corrected chi connectivity index (χ1v) is 11.8. The first-order chi connectivity index (χ1) is 13.7. The van der Waals surface area contributed by atoms with E-state index in [2.05, 4.69) is 33.4 Å². The van der Waals surface area contributed by atoms with Crippen LogP contribution in [0.3, 0.4) is 0 Å². The van der Waals surface area contributed by atoms with Gasteiger partial charge in [0, 0.05) is 26.7 Å². The highest BCUT2D eigenvalue weighted by molar-refractivity contribution is 4.80. The predicted molar refractivity (Wildman–Crippen MR) is 138 cm³/mol. The second-order valence-corrected chi connectivity index (χ2v) is 6.12. The number of ether oxygens (including phenoxy) is 2. The third-order valence-corrected chi connectivity index (χ3v) is 2.45. The number of hydrogen-bond acceptors (Lipinski definition) is 3. The molecule has 0 amide bonds. The number of methoxy groups -OCH3 is 2. The van der Waals surface area contributed by atoms with E-state index in [4.69, 9.17) is 14.7 Å². The number of hydrogen-bond donors (Lipinski definition) is 0. The molecule has 1 unspecified atom stereocenters. The third kappa shape index (κ3) is 116. The lowest BCUT2D eigenvalue weighted by atomic mass is 10.1. The molecule has 0 aromatic carbocycles. The van der Waals surface area contributed by atoms with Gasteiger partial charge in [-0.15, -0.1) is 6.58 Å². The Labute approximate surface area is 188 Å².